The quantitative estimate of drug-likeness (QED) is 0.535. The summed E-state index contributed by atoms with van der Waals surface area (Å²) in [6.45, 7) is -0.720. The van der Waals surface area contributed by atoms with Gasteiger partial charge in [0.15, 0.2) is 6.10 Å². The lowest BCUT2D eigenvalue weighted by atomic mass is 10.0. The van der Waals surface area contributed by atoms with Gasteiger partial charge in [-0.25, -0.2) is 0 Å². The summed E-state index contributed by atoms with van der Waals surface area (Å²) < 4.78 is 0. The molecule has 0 heterocycles. The normalized spacial score (nSPS) is 13.3. The van der Waals surface area contributed by atoms with Gasteiger partial charge >= 0.3 is 0 Å². The van der Waals surface area contributed by atoms with Crippen LogP contribution < -0.4 is 0 Å². The molecule has 0 aliphatic carbocycles. The van der Waals surface area contributed by atoms with Crippen molar-refractivity contribution < 1.29 is 25.0 Å². The molecule has 0 radical (unpaired) electrons. The topological polar surface area (TPSA) is 125 Å². The Bertz CT molecular complexity index is 425. The summed E-state index contributed by atoms with van der Waals surface area (Å²) in [4.78, 5) is 28.5. The summed E-state index contributed by atoms with van der Waals surface area (Å²) in [5, 5.41) is 27.9. The Morgan fingerprint density at radius 3 is 2.32 bits per heavy atom. The lowest BCUT2D eigenvalue weighted by Crippen LogP contribution is -2.37. The molecule has 0 bridgehead atoms. The zero-order valence-corrected chi connectivity index (χ0v) is 9.75. The van der Waals surface area contributed by atoms with E-state index < -0.39 is 29.0 Å². The molecule has 1 N–H and O–H groups in total. The van der Waals surface area contributed by atoms with Crippen LogP contribution in [0.3, 0.4) is 0 Å². The van der Waals surface area contributed by atoms with E-state index in [1.807, 2.05) is 0 Å². The first-order valence-corrected chi connectivity index (χ1v) is 5.29. The predicted octanol–water partition coefficient (Wildman–Crippen LogP) is 0.375. The zero-order chi connectivity index (χ0) is 14.3. The van der Waals surface area contributed by atoms with E-state index in [2.05, 4.69) is 9.68 Å². The van der Waals surface area contributed by atoms with Gasteiger partial charge in [0.05, 0.1) is 6.10 Å². The van der Waals surface area contributed by atoms with Gasteiger partial charge < -0.3 is 14.8 Å². The van der Waals surface area contributed by atoms with E-state index in [1.54, 1.807) is 30.3 Å². The maximum absolute atomic E-state index is 10.3. The van der Waals surface area contributed by atoms with Gasteiger partial charge in [0, 0.05) is 6.42 Å². The second kappa shape index (κ2) is 7.11. The molecule has 0 aromatic heterocycles. The number of nitrogens with zero attached hydrogens (tertiary/aromatic N) is 2. The van der Waals surface area contributed by atoms with Crippen molar-refractivity contribution in [3.63, 3.8) is 0 Å². The van der Waals surface area contributed by atoms with Crippen molar-refractivity contribution in [1.82, 2.24) is 0 Å². The van der Waals surface area contributed by atoms with Gasteiger partial charge in [-0.3, -0.25) is 0 Å². The van der Waals surface area contributed by atoms with Crippen LogP contribution in [0.25, 0.3) is 0 Å². The van der Waals surface area contributed by atoms with Crippen LogP contribution >= 0.6 is 0 Å². The molecule has 9 nitrogen and oxygen atoms in total. The van der Waals surface area contributed by atoms with Crippen LogP contribution in [0, 0.1) is 20.2 Å². The van der Waals surface area contributed by atoms with E-state index in [0.29, 0.717) is 5.56 Å². The first-order chi connectivity index (χ1) is 8.99. The Morgan fingerprint density at radius 2 is 1.79 bits per heavy atom. The minimum absolute atomic E-state index is 0.0560. The molecule has 0 amide bonds. The Hall–Kier alpha value is -2.42. The number of rotatable bonds is 8. The fraction of sp³-hybridized carbons (Fsp3) is 0.400. The van der Waals surface area contributed by atoms with Crippen molar-refractivity contribution in [2.45, 2.75) is 18.6 Å². The number of hydrogen-bond acceptors (Lipinski definition) is 7. The van der Waals surface area contributed by atoms with E-state index in [1.165, 1.54) is 0 Å². The third kappa shape index (κ3) is 5.64. The van der Waals surface area contributed by atoms with Gasteiger partial charge in [0.1, 0.15) is 6.61 Å². The van der Waals surface area contributed by atoms with Crippen molar-refractivity contribution in [3.8, 4) is 0 Å². The van der Waals surface area contributed by atoms with Crippen LogP contribution in [-0.2, 0) is 16.1 Å². The number of benzene rings is 1. The SMILES string of the molecule is O=[N+]([O-])OC[C@@H](O[N+](=O)[O-])[C@H](O)Cc1ccccc1. The summed E-state index contributed by atoms with van der Waals surface area (Å²) >= 11 is 0. The van der Waals surface area contributed by atoms with E-state index in [4.69, 9.17) is 0 Å². The molecule has 0 aliphatic rings. The van der Waals surface area contributed by atoms with E-state index >= 15 is 0 Å². The average Bonchev–Trinajstić information content (AvgIpc) is 2.35. The van der Waals surface area contributed by atoms with Gasteiger partial charge in [-0.1, -0.05) is 30.3 Å². The molecule has 9 heteroatoms. The maximum Gasteiger partial charge on any atom is 0.294 e. The summed E-state index contributed by atoms with van der Waals surface area (Å²) in [6.07, 6.45) is -2.67. The Morgan fingerprint density at radius 1 is 1.16 bits per heavy atom. The standard InChI is InChI=1S/C10H12N2O7/c13-9(6-8-4-2-1-3-5-8)10(19-12(16)17)7-18-11(14)15/h1-5,9-10,13H,6-7H2/t9-,10-/m1/s1. The zero-order valence-electron chi connectivity index (χ0n) is 9.75. The molecular weight excluding hydrogens is 260 g/mol. The smallest absolute Gasteiger partial charge is 0.294 e. The van der Waals surface area contributed by atoms with Crippen molar-refractivity contribution in [2.24, 2.45) is 0 Å². The summed E-state index contributed by atoms with van der Waals surface area (Å²) in [5.41, 5.74) is 0.716. The van der Waals surface area contributed by atoms with E-state index in [-0.39, 0.29) is 6.42 Å². The summed E-state index contributed by atoms with van der Waals surface area (Å²) in [5.74, 6) is 0. The van der Waals surface area contributed by atoms with Crippen molar-refractivity contribution in [3.05, 3.63) is 56.1 Å². The molecule has 0 fully saturated rings. The molecule has 0 saturated heterocycles. The summed E-state index contributed by atoms with van der Waals surface area (Å²) in [7, 11) is 0. The second-order valence-electron chi connectivity index (χ2n) is 3.64. The molecule has 0 spiro atoms. The molecule has 0 saturated carbocycles. The Labute approximate surface area is 107 Å². The fourth-order valence-corrected chi connectivity index (χ4v) is 1.44. The van der Waals surface area contributed by atoms with Crippen molar-refractivity contribution in [2.75, 3.05) is 6.61 Å². The number of aliphatic hydroxyl groups is 1. The molecule has 1 rings (SSSR count). The highest BCUT2D eigenvalue weighted by Gasteiger charge is 2.25. The van der Waals surface area contributed by atoms with Crippen LogP contribution in [0.4, 0.5) is 0 Å². The van der Waals surface area contributed by atoms with E-state index in [9.17, 15) is 25.3 Å². The number of aliphatic hydroxyl groups excluding tert-OH is 1. The van der Waals surface area contributed by atoms with Crippen LogP contribution in [0.2, 0.25) is 0 Å². The molecule has 104 valence electrons. The summed E-state index contributed by atoms with van der Waals surface area (Å²) in [6, 6.07) is 8.66. The van der Waals surface area contributed by atoms with E-state index in [0.717, 1.165) is 0 Å². The van der Waals surface area contributed by atoms with Crippen molar-refractivity contribution in [1.29, 1.82) is 0 Å². The van der Waals surface area contributed by atoms with Gasteiger partial charge in [-0.15, -0.1) is 20.2 Å². The van der Waals surface area contributed by atoms with Crippen LogP contribution in [0.1, 0.15) is 5.56 Å². The van der Waals surface area contributed by atoms with Gasteiger partial charge in [-0.2, -0.15) is 0 Å². The average molecular weight is 272 g/mol. The molecular formula is C10H12N2O7. The fourth-order valence-electron chi connectivity index (χ4n) is 1.44. The molecule has 19 heavy (non-hydrogen) atoms. The highest BCUT2D eigenvalue weighted by molar-refractivity contribution is 5.15. The minimum atomic E-state index is -1.43. The highest BCUT2D eigenvalue weighted by Crippen LogP contribution is 2.09. The van der Waals surface area contributed by atoms with Gasteiger partial charge in [-0.05, 0) is 5.56 Å². The van der Waals surface area contributed by atoms with Crippen molar-refractivity contribution >= 4 is 0 Å². The van der Waals surface area contributed by atoms with Gasteiger partial charge in [0.25, 0.3) is 10.2 Å². The monoisotopic (exact) mass is 272 g/mol. The molecule has 1 aromatic carbocycles. The minimum Gasteiger partial charge on any atom is -0.390 e. The largest absolute Gasteiger partial charge is 0.390 e. The van der Waals surface area contributed by atoms with Gasteiger partial charge in [0.2, 0.25) is 0 Å². The Kier molecular flexibility index (Phi) is 5.48. The predicted molar refractivity (Wildman–Crippen MR) is 61.0 cm³/mol. The third-order valence-electron chi connectivity index (χ3n) is 2.28. The lowest BCUT2D eigenvalue weighted by molar-refractivity contribution is -0.791. The first-order valence-electron chi connectivity index (χ1n) is 5.29. The van der Waals surface area contributed by atoms with Crippen LogP contribution in [0.15, 0.2) is 30.3 Å². The maximum atomic E-state index is 10.3. The molecule has 1 aromatic rings. The highest BCUT2D eigenvalue weighted by atomic mass is 17.0. The van der Waals surface area contributed by atoms with Crippen LogP contribution in [-0.4, -0.2) is 34.1 Å². The molecule has 2 atom stereocenters. The molecule has 0 aliphatic heterocycles. The molecule has 0 unspecified atom stereocenters. The first kappa shape index (κ1) is 14.6. The van der Waals surface area contributed by atoms with Crippen LogP contribution in [0.5, 0.6) is 0 Å². The Balaban J connectivity index is 2.62. The second-order valence-corrected chi connectivity index (χ2v) is 3.64. The third-order valence-corrected chi connectivity index (χ3v) is 2.28. The lowest BCUT2D eigenvalue weighted by Gasteiger charge is -2.19. The number of hydrogen-bond donors (Lipinski definition) is 1.